The van der Waals surface area contributed by atoms with E-state index in [2.05, 4.69) is 10.3 Å². The van der Waals surface area contributed by atoms with Crippen LogP contribution in [0.2, 0.25) is 5.15 Å². The van der Waals surface area contributed by atoms with Gasteiger partial charge in [0, 0.05) is 31.0 Å². The van der Waals surface area contributed by atoms with Crippen molar-refractivity contribution in [2.24, 2.45) is 0 Å². The van der Waals surface area contributed by atoms with Crippen LogP contribution in [0.3, 0.4) is 0 Å². The minimum absolute atomic E-state index is 0.149. The van der Waals surface area contributed by atoms with Crippen molar-refractivity contribution in [2.75, 3.05) is 24.3 Å². The van der Waals surface area contributed by atoms with Gasteiger partial charge in [-0.05, 0) is 31.2 Å². The zero-order valence-electron chi connectivity index (χ0n) is 15.3. The van der Waals surface area contributed by atoms with E-state index in [1.807, 2.05) is 79.0 Å². The molecule has 5 nitrogen and oxygen atoms in total. The fourth-order valence-electron chi connectivity index (χ4n) is 3.14. The summed E-state index contributed by atoms with van der Waals surface area (Å²) in [6, 6.07) is 15.7. The summed E-state index contributed by atoms with van der Waals surface area (Å²) >= 11 is 6.70. The number of carbonyl (C=O) groups is 1. The van der Waals surface area contributed by atoms with Crippen LogP contribution in [0.4, 0.5) is 11.6 Å². The Morgan fingerprint density at radius 2 is 1.81 bits per heavy atom. The molecule has 3 aromatic rings. The molecule has 0 aliphatic carbocycles. The molecular formula is C21H19ClN4O. The maximum Gasteiger partial charge on any atom is 0.256 e. The highest BCUT2D eigenvalue weighted by molar-refractivity contribution is 6.36. The van der Waals surface area contributed by atoms with Crippen LogP contribution in [0.25, 0.3) is 17.3 Å². The first-order chi connectivity index (χ1) is 13.0. The molecule has 0 fully saturated rings. The number of fused-ring (bicyclic) bond motifs is 1. The third-order valence-electron chi connectivity index (χ3n) is 4.51. The van der Waals surface area contributed by atoms with Crippen molar-refractivity contribution in [3.05, 3.63) is 70.5 Å². The highest BCUT2D eigenvalue weighted by atomic mass is 35.5. The van der Waals surface area contributed by atoms with E-state index in [1.165, 1.54) is 5.56 Å². The number of anilines is 2. The Kier molecular flexibility index (Phi) is 4.24. The lowest BCUT2D eigenvalue weighted by atomic mass is 10.1. The fraction of sp³-hybridized carbons (Fsp3) is 0.143. The number of nitrogens with zero attached hydrogens (tertiary/aromatic N) is 3. The lowest BCUT2D eigenvalue weighted by Gasteiger charge is -2.15. The molecule has 4 rings (SSSR count). The summed E-state index contributed by atoms with van der Waals surface area (Å²) in [6.45, 7) is 2.04. The van der Waals surface area contributed by atoms with Crippen LogP contribution in [0.1, 0.15) is 16.8 Å². The molecule has 2 heterocycles. The number of para-hydroxylation sites is 1. The second kappa shape index (κ2) is 6.59. The lowest BCUT2D eigenvalue weighted by Crippen LogP contribution is -2.14. The number of rotatable bonds is 3. The van der Waals surface area contributed by atoms with Gasteiger partial charge in [0.25, 0.3) is 5.91 Å². The van der Waals surface area contributed by atoms with Gasteiger partial charge in [-0.3, -0.25) is 9.36 Å². The van der Waals surface area contributed by atoms with Gasteiger partial charge >= 0.3 is 0 Å². The molecule has 0 atom stereocenters. The number of hydrogen-bond donors (Lipinski definition) is 1. The van der Waals surface area contributed by atoms with Gasteiger partial charge < -0.3 is 10.2 Å². The van der Waals surface area contributed by atoms with Gasteiger partial charge in [-0.1, -0.05) is 47.5 Å². The van der Waals surface area contributed by atoms with E-state index >= 15 is 0 Å². The monoisotopic (exact) mass is 378 g/mol. The van der Waals surface area contributed by atoms with Crippen LogP contribution >= 0.6 is 11.6 Å². The topological polar surface area (TPSA) is 50.2 Å². The van der Waals surface area contributed by atoms with Crippen molar-refractivity contribution in [2.45, 2.75) is 6.92 Å². The summed E-state index contributed by atoms with van der Waals surface area (Å²) in [4.78, 5) is 19.0. The summed E-state index contributed by atoms with van der Waals surface area (Å²) < 4.78 is 1.88. The van der Waals surface area contributed by atoms with E-state index < -0.39 is 0 Å². The van der Waals surface area contributed by atoms with Crippen molar-refractivity contribution in [3.63, 3.8) is 0 Å². The third kappa shape index (κ3) is 3.00. The number of nitrogens with one attached hydrogen (secondary N) is 1. The molecule has 0 saturated heterocycles. The van der Waals surface area contributed by atoms with Gasteiger partial charge in [0.2, 0.25) is 5.95 Å². The Morgan fingerprint density at radius 1 is 1.11 bits per heavy atom. The number of hydrogen-bond acceptors (Lipinski definition) is 3. The van der Waals surface area contributed by atoms with Crippen molar-refractivity contribution < 1.29 is 4.79 Å². The first-order valence-electron chi connectivity index (χ1n) is 8.61. The third-order valence-corrected chi connectivity index (χ3v) is 4.87. The second-order valence-corrected chi connectivity index (χ2v) is 7.07. The van der Waals surface area contributed by atoms with Crippen molar-refractivity contribution in [1.82, 2.24) is 9.55 Å². The molecule has 0 unspecified atom stereocenters. The van der Waals surface area contributed by atoms with E-state index in [4.69, 9.17) is 11.6 Å². The van der Waals surface area contributed by atoms with Crippen LogP contribution in [0, 0.1) is 6.92 Å². The Balaban J connectivity index is 1.87. The predicted molar refractivity (Wildman–Crippen MR) is 111 cm³/mol. The molecule has 0 bridgehead atoms. The number of imidazole rings is 1. The first kappa shape index (κ1) is 17.4. The van der Waals surface area contributed by atoms with E-state index in [0.717, 1.165) is 16.9 Å². The van der Waals surface area contributed by atoms with Crippen LogP contribution in [-0.4, -0.2) is 29.6 Å². The highest BCUT2D eigenvalue weighted by Gasteiger charge is 2.25. The average molecular weight is 379 g/mol. The van der Waals surface area contributed by atoms with Gasteiger partial charge in [0.05, 0.1) is 5.57 Å². The van der Waals surface area contributed by atoms with Crippen molar-refractivity contribution in [3.8, 4) is 5.69 Å². The minimum Gasteiger partial charge on any atom is -0.348 e. The number of aromatic nitrogens is 2. The quantitative estimate of drug-likeness (QED) is 0.687. The van der Waals surface area contributed by atoms with Crippen LogP contribution in [-0.2, 0) is 4.79 Å². The molecule has 6 heteroatoms. The molecule has 1 N–H and O–H groups in total. The summed E-state index contributed by atoms with van der Waals surface area (Å²) in [6.07, 6.45) is 1.75. The zero-order chi connectivity index (χ0) is 19.1. The molecule has 1 amide bonds. The maximum atomic E-state index is 12.4. The van der Waals surface area contributed by atoms with E-state index in [0.29, 0.717) is 22.4 Å². The highest BCUT2D eigenvalue weighted by Crippen LogP contribution is 2.35. The Morgan fingerprint density at radius 3 is 2.52 bits per heavy atom. The summed E-state index contributed by atoms with van der Waals surface area (Å²) in [7, 11) is 3.83. The summed E-state index contributed by atoms with van der Waals surface area (Å²) in [5, 5.41) is 3.34. The minimum atomic E-state index is -0.149. The first-order valence-corrected chi connectivity index (χ1v) is 8.98. The Labute approximate surface area is 162 Å². The van der Waals surface area contributed by atoms with Crippen LogP contribution < -0.4 is 10.2 Å². The van der Waals surface area contributed by atoms with Gasteiger partial charge in [0.1, 0.15) is 10.8 Å². The summed E-state index contributed by atoms with van der Waals surface area (Å²) in [5.74, 6) is 0.547. The molecule has 27 heavy (non-hydrogen) atoms. The number of carbonyl (C=O) groups excluding carboxylic acids is 1. The van der Waals surface area contributed by atoms with Gasteiger partial charge in [-0.25, -0.2) is 4.98 Å². The molecule has 0 radical (unpaired) electrons. The molecule has 0 spiro atoms. The van der Waals surface area contributed by atoms with E-state index in [-0.39, 0.29) is 5.91 Å². The molecule has 1 aliphatic rings. The van der Waals surface area contributed by atoms with E-state index in [9.17, 15) is 4.79 Å². The number of aryl methyl sites for hydroxylation is 1. The predicted octanol–water partition coefficient (Wildman–Crippen LogP) is 4.39. The normalized spacial score (nSPS) is 14.4. The average Bonchev–Trinajstić information content (AvgIpc) is 3.14. The van der Waals surface area contributed by atoms with Gasteiger partial charge in [0.15, 0.2) is 0 Å². The van der Waals surface area contributed by atoms with Crippen LogP contribution in [0.15, 0.2) is 48.5 Å². The van der Waals surface area contributed by atoms with E-state index in [1.54, 1.807) is 6.08 Å². The largest absolute Gasteiger partial charge is 0.348 e. The number of benzene rings is 2. The number of amides is 1. The fourth-order valence-corrected chi connectivity index (χ4v) is 3.41. The smallest absolute Gasteiger partial charge is 0.256 e. The second-order valence-electron chi connectivity index (χ2n) is 6.71. The molecule has 1 aliphatic heterocycles. The molecule has 1 aromatic heterocycles. The maximum absolute atomic E-state index is 12.4. The van der Waals surface area contributed by atoms with Crippen LogP contribution in [0.5, 0.6) is 0 Å². The number of halogens is 1. The molecule has 136 valence electrons. The SMILES string of the molecule is Cc1ccc(-n2c(N(C)C)nc(C=C3C(=O)Nc4ccccc43)c2Cl)cc1. The molecular weight excluding hydrogens is 360 g/mol. The van der Waals surface area contributed by atoms with Gasteiger partial charge in [-0.2, -0.15) is 0 Å². The Bertz CT molecular complexity index is 1060. The van der Waals surface area contributed by atoms with Crippen molar-refractivity contribution >= 4 is 40.8 Å². The molecule has 2 aromatic carbocycles. The van der Waals surface area contributed by atoms with Crippen molar-refractivity contribution in [1.29, 1.82) is 0 Å². The Hall–Kier alpha value is -3.05. The standard InChI is InChI=1S/C21H19ClN4O/c1-13-8-10-14(11-9-13)26-19(22)18(24-21(26)25(2)3)12-16-15-6-4-5-7-17(15)23-20(16)27/h4-12H,1-3H3,(H,23,27). The van der Waals surface area contributed by atoms with Gasteiger partial charge in [-0.15, -0.1) is 0 Å². The lowest BCUT2D eigenvalue weighted by molar-refractivity contribution is -0.110. The zero-order valence-corrected chi connectivity index (χ0v) is 16.1. The molecule has 0 saturated carbocycles. The summed E-state index contributed by atoms with van der Waals surface area (Å²) in [5.41, 5.74) is 4.87.